The predicted octanol–water partition coefficient (Wildman–Crippen LogP) is 1.48. The predicted molar refractivity (Wildman–Crippen MR) is 98.8 cm³/mol. The number of imide groups is 1. The van der Waals surface area contributed by atoms with Crippen LogP contribution in [0, 0.1) is 5.92 Å². The average Bonchev–Trinajstić information content (AvgIpc) is 2.82. The molecule has 2 amide bonds. The molecule has 0 fully saturated rings. The van der Waals surface area contributed by atoms with E-state index in [4.69, 9.17) is 5.11 Å². The molecule has 27 heavy (non-hydrogen) atoms. The average molecular weight is 396 g/mol. The summed E-state index contributed by atoms with van der Waals surface area (Å²) in [5.41, 5.74) is 0.713. The first-order valence-corrected chi connectivity index (χ1v) is 10.5. The number of benzene rings is 1. The number of aliphatic carboxylic acids is 1. The first-order chi connectivity index (χ1) is 12.6. The molecule has 0 aliphatic carbocycles. The van der Waals surface area contributed by atoms with Crippen LogP contribution in [0.15, 0.2) is 24.3 Å². The third-order valence-corrected chi connectivity index (χ3v) is 5.72. The number of nitrogens with one attached hydrogen (secondary N) is 1. The minimum Gasteiger partial charge on any atom is -0.480 e. The van der Waals surface area contributed by atoms with Gasteiger partial charge in [-0.1, -0.05) is 26.0 Å². The van der Waals surface area contributed by atoms with Gasteiger partial charge >= 0.3 is 5.97 Å². The largest absolute Gasteiger partial charge is 0.480 e. The summed E-state index contributed by atoms with van der Waals surface area (Å²) in [6.07, 6.45) is 0.717. The van der Waals surface area contributed by atoms with Crippen LogP contribution in [0.2, 0.25) is 0 Å². The standard InChI is InChI=1S/C18H24N2O6S/c1-12(2)11-15(18(23)24)19-27(25,26)10-6-5-9-20-16(21)13-7-3-4-8-14(13)17(20)22/h3-4,7-8,12,15,19H,5-6,9-11H2,1-2H3,(H,23,24)/t15-/m1/s1. The second-order valence-corrected chi connectivity index (χ2v) is 8.85. The van der Waals surface area contributed by atoms with Crippen LogP contribution in [0.25, 0.3) is 0 Å². The molecule has 2 rings (SSSR count). The number of nitrogens with zero attached hydrogens (tertiary/aromatic N) is 1. The molecule has 1 aliphatic heterocycles. The van der Waals surface area contributed by atoms with Crippen LogP contribution in [0.1, 0.15) is 53.8 Å². The Morgan fingerprint density at radius 2 is 1.67 bits per heavy atom. The molecule has 8 nitrogen and oxygen atoms in total. The van der Waals surface area contributed by atoms with E-state index in [2.05, 4.69) is 4.72 Å². The molecule has 0 radical (unpaired) electrons. The van der Waals surface area contributed by atoms with Gasteiger partial charge in [0.05, 0.1) is 16.9 Å². The van der Waals surface area contributed by atoms with Crippen molar-refractivity contribution in [2.24, 2.45) is 5.92 Å². The summed E-state index contributed by atoms with van der Waals surface area (Å²) in [6, 6.07) is 5.38. The van der Waals surface area contributed by atoms with Gasteiger partial charge in [0.15, 0.2) is 0 Å². The Morgan fingerprint density at radius 3 is 2.15 bits per heavy atom. The minimum absolute atomic E-state index is 0.0302. The maximum absolute atomic E-state index is 12.2. The van der Waals surface area contributed by atoms with Crippen molar-refractivity contribution in [3.8, 4) is 0 Å². The van der Waals surface area contributed by atoms with Crippen LogP contribution >= 0.6 is 0 Å². The van der Waals surface area contributed by atoms with E-state index in [9.17, 15) is 22.8 Å². The van der Waals surface area contributed by atoms with E-state index in [1.165, 1.54) is 0 Å². The molecular formula is C18H24N2O6S. The summed E-state index contributed by atoms with van der Waals surface area (Å²) >= 11 is 0. The summed E-state index contributed by atoms with van der Waals surface area (Å²) in [7, 11) is -3.77. The van der Waals surface area contributed by atoms with Crippen LogP contribution in [-0.2, 0) is 14.8 Å². The highest BCUT2D eigenvalue weighted by Crippen LogP contribution is 2.22. The molecule has 9 heteroatoms. The van der Waals surface area contributed by atoms with Crippen molar-refractivity contribution in [1.82, 2.24) is 9.62 Å². The number of hydrogen-bond donors (Lipinski definition) is 2. The molecule has 1 aliphatic rings. The van der Waals surface area contributed by atoms with Crippen LogP contribution < -0.4 is 4.72 Å². The van der Waals surface area contributed by atoms with Crippen molar-refractivity contribution >= 4 is 27.8 Å². The molecule has 148 valence electrons. The van der Waals surface area contributed by atoms with Crippen molar-refractivity contribution in [2.75, 3.05) is 12.3 Å². The molecule has 0 saturated heterocycles. The lowest BCUT2D eigenvalue weighted by Crippen LogP contribution is -2.42. The Kier molecular flexibility index (Phi) is 6.72. The number of fused-ring (bicyclic) bond motifs is 1. The zero-order valence-corrected chi connectivity index (χ0v) is 16.2. The van der Waals surface area contributed by atoms with Crippen molar-refractivity contribution in [3.05, 3.63) is 35.4 Å². The summed E-state index contributed by atoms with van der Waals surface area (Å²) in [4.78, 5) is 36.8. The van der Waals surface area contributed by atoms with E-state index in [-0.39, 0.29) is 42.9 Å². The van der Waals surface area contributed by atoms with E-state index in [0.717, 1.165) is 4.90 Å². The molecule has 0 aromatic heterocycles. The molecule has 1 heterocycles. The zero-order chi connectivity index (χ0) is 20.2. The summed E-state index contributed by atoms with van der Waals surface area (Å²) < 4.78 is 26.4. The Bertz CT molecular complexity index is 799. The van der Waals surface area contributed by atoms with E-state index < -0.39 is 22.0 Å². The Hall–Kier alpha value is -2.26. The van der Waals surface area contributed by atoms with E-state index >= 15 is 0 Å². The van der Waals surface area contributed by atoms with E-state index in [1.54, 1.807) is 24.3 Å². The minimum atomic E-state index is -3.77. The topological polar surface area (TPSA) is 121 Å². The first kappa shape index (κ1) is 21.0. The zero-order valence-electron chi connectivity index (χ0n) is 15.3. The van der Waals surface area contributed by atoms with Crippen molar-refractivity contribution in [3.63, 3.8) is 0 Å². The molecule has 0 unspecified atom stereocenters. The normalized spacial score (nSPS) is 15.3. The highest BCUT2D eigenvalue weighted by Gasteiger charge is 2.34. The summed E-state index contributed by atoms with van der Waals surface area (Å²) in [6.45, 7) is 3.74. The quantitative estimate of drug-likeness (QED) is 0.456. The lowest BCUT2D eigenvalue weighted by molar-refractivity contribution is -0.139. The molecule has 1 aromatic carbocycles. The maximum Gasteiger partial charge on any atom is 0.321 e. The lowest BCUT2D eigenvalue weighted by Gasteiger charge is -2.17. The second-order valence-electron chi connectivity index (χ2n) is 6.97. The van der Waals surface area contributed by atoms with E-state index in [0.29, 0.717) is 17.5 Å². The SMILES string of the molecule is CC(C)C[C@@H](NS(=O)(=O)CCCCN1C(=O)c2ccccc2C1=O)C(=O)O. The number of carboxylic acid groups (broad SMARTS) is 1. The summed E-state index contributed by atoms with van der Waals surface area (Å²) in [5, 5.41) is 9.14. The number of unbranched alkanes of at least 4 members (excludes halogenated alkanes) is 1. The Morgan fingerprint density at radius 1 is 1.11 bits per heavy atom. The summed E-state index contributed by atoms with van der Waals surface area (Å²) in [5.74, 6) is -2.20. The van der Waals surface area contributed by atoms with Gasteiger partial charge in [0.2, 0.25) is 10.0 Å². The first-order valence-electron chi connectivity index (χ1n) is 8.80. The third-order valence-electron chi connectivity index (χ3n) is 4.25. The molecule has 0 bridgehead atoms. The van der Waals surface area contributed by atoms with Crippen molar-refractivity contribution < 1.29 is 27.9 Å². The maximum atomic E-state index is 12.2. The number of sulfonamides is 1. The molecule has 1 atom stereocenters. The van der Waals surface area contributed by atoms with Gasteiger partial charge < -0.3 is 5.11 Å². The lowest BCUT2D eigenvalue weighted by atomic mass is 10.1. The van der Waals surface area contributed by atoms with Crippen LogP contribution in [0.3, 0.4) is 0 Å². The van der Waals surface area contributed by atoms with Crippen molar-refractivity contribution in [2.45, 2.75) is 39.2 Å². The second kappa shape index (κ2) is 8.62. The molecule has 0 spiro atoms. The van der Waals surface area contributed by atoms with Crippen LogP contribution in [0.4, 0.5) is 0 Å². The monoisotopic (exact) mass is 396 g/mol. The highest BCUT2D eigenvalue weighted by atomic mass is 32.2. The molecular weight excluding hydrogens is 372 g/mol. The number of carbonyl (C=O) groups is 3. The van der Waals surface area contributed by atoms with Gasteiger partial charge in [-0.3, -0.25) is 19.3 Å². The van der Waals surface area contributed by atoms with Gasteiger partial charge in [-0.15, -0.1) is 0 Å². The number of carbonyl (C=O) groups excluding carboxylic acids is 2. The third kappa shape index (κ3) is 5.36. The number of amides is 2. The van der Waals surface area contributed by atoms with Gasteiger partial charge in [0.1, 0.15) is 6.04 Å². The van der Waals surface area contributed by atoms with Crippen LogP contribution in [0.5, 0.6) is 0 Å². The highest BCUT2D eigenvalue weighted by molar-refractivity contribution is 7.89. The smallest absolute Gasteiger partial charge is 0.321 e. The fourth-order valence-corrected chi connectivity index (χ4v) is 4.28. The van der Waals surface area contributed by atoms with Gasteiger partial charge in [0.25, 0.3) is 11.8 Å². The van der Waals surface area contributed by atoms with Gasteiger partial charge in [-0.25, -0.2) is 13.1 Å². The van der Waals surface area contributed by atoms with Crippen LogP contribution in [-0.4, -0.2) is 54.5 Å². The molecule has 2 N–H and O–H groups in total. The van der Waals surface area contributed by atoms with Gasteiger partial charge in [-0.05, 0) is 37.3 Å². The fourth-order valence-electron chi connectivity index (χ4n) is 2.95. The number of hydrogen-bond acceptors (Lipinski definition) is 5. The number of carboxylic acids is 1. The van der Waals surface area contributed by atoms with Gasteiger partial charge in [-0.2, -0.15) is 0 Å². The molecule has 0 saturated carbocycles. The Balaban J connectivity index is 1.85. The van der Waals surface area contributed by atoms with Crippen molar-refractivity contribution in [1.29, 1.82) is 0 Å². The van der Waals surface area contributed by atoms with Gasteiger partial charge in [0, 0.05) is 6.54 Å². The Labute approximate surface area is 158 Å². The number of rotatable bonds is 10. The molecule has 1 aromatic rings. The van der Waals surface area contributed by atoms with E-state index in [1.807, 2.05) is 13.8 Å². The fraction of sp³-hybridized carbons (Fsp3) is 0.500.